The number of carbonyl (C=O) groups excluding carboxylic acids is 1. The van der Waals surface area contributed by atoms with E-state index < -0.39 is 5.97 Å². The third-order valence-corrected chi connectivity index (χ3v) is 5.37. The van der Waals surface area contributed by atoms with Gasteiger partial charge in [0.05, 0.1) is 11.4 Å². The van der Waals surface area contributed by atoms with E-state index in [1.54, 1.807) is 17.5 Å². The molecule has 0 aliphatic rings. The fourth-order valence-corrected chi connectivity index (χ4v) is 4.00. The van der Waals surface area contributed by atoms with Gasteiger partial charge in [0.2, 0.25) is 5.91 Å². The van der Waals surface area contributed by atoms with E-state index in [9.17, 15) is 9.59 Å². The van der Waals surface area contributed by atoms with Gasteiger partial charge in [-0.05, 0) is 37.1 Å². The lowest BCUT2D eigenvalue weighted by Crippen LogP contribution is -2.23. The van der Waals surface area contributed by atoms with Crippen molar-refractivity contribution in [1.29, 1.82) is 0 Å². The summed E-state index contributed by atoms with van der Waals surface area (Å²) in [6.07, 6.45) is 4.62. The Labute approximate surface area is 170 Å². The molecule has 0 spiro atoms. The van der Waals surface area contributed by atoms with Gasteiger partial charge >= 0.3 is 5.97 Å². The Bertz CT molecular complexity index is 1190. The Kier molecular flexibility index (Phi) is 5.13. The quantitative estimate of drug-likeness (QED) is 0.489. The Morgan fingerprint density at radius 2 is 2.14 bits per heavy atom. The van der Waals surface area contributed by atoms with E-state index in [-0.39, 0.29) is 11.6 Å². The number of hydrogen-bond acceptors (Lipinski definition) is 5. The van der Waals surface area contributed by atoms with Crippen LogP contribution in [0.2, 0.25) is 0 Å². The molecule has 0 unspecified atom stereocenters. The second kappa shape index (κ2) is 7.88. The number of benzene rings is 1. The number of aromatic nitrogens is 4. The fraction of sp³-hybridized carbons (Fsp3) is 0.200. The highest BCUT2D eigenvalue weighted by Crippen LogP contribution is 2.17. The molecule has 0 bridgehead atoms. The number of amides is 1. The van der Waals surface area contributed by atoms with Crippen LogP contribution in [0.5, 0.6) is 0 Å². The molecule has 148 valence electrons. The summed E-state index contributed by atoms with van der Waals surface area (Å²) in [5.74, 6) is -1.10. The summed E-state index contributed by atoms with van der Waals surface area (Å²) in [4.78, 5) is 28.6. The minimum atomic E-state index is -1.07. The number of rotatable bonds is 7. The van der Waals surface area contributed by atoms with Crippen LogP contribution in [-0.4, -0.2) is 36.1 Å². The molecule has 9 heteroatoms. The SMILES string of the molecule is Cc1cn2c(CCC(=O)NCc3cccc(-n4ccc(C(=O)O)n4)c3)csc2n1. The van der Waals surface area contributed by atoms with Crippen molar-refractivity contribution in [3.05, 3.63) is 70.8 Å². The molecule has 0 atom stereocenters. The highest BCUT2D eigenvalue weighted by Gasteiger charge is 2.10. The second-order valence-corrected chi connectivity index (χ2v) is 7.50. The summed E-state index contributed by atoms with van der Waals surface area (Å²) in [6, 6.07) is 8.90. The van der Waals surface area contributed by atoms with Crippen molar-refractivity contribution in [3.63, 3.8) is 0 Å². The van der Waals surface area contributed by atoms with E-state index in [1.807, 2.05) is 47.2 Å². The molecule has 0 aliphatic heterocycles. The van der Waals surface area contributed by atoms with Gasteiger partial charge in [-0.1, -0.05) is 12.1 Å². The number of fused-ring (bicyclic) bond motifs is 1. The Morgan fingerprint density at radius 3 is 2.93 bits per heavy atom. The first-order chi connectivity index (χ1) is 14.0. The minimum absolute atomic E-state index is 0.0145. The van der Waals surface area contributed by atoms with Crippen molar-refractivity contribution in [1.82, 2.24) is 24.5 Å². The number of aryl methyl sites for hydroxylation is 2. The van der Waals surface area contributed by atoms with Crippen LogP contribution in [0.15, 0.2) is 48.1 Å². The third-order valence-electron chi connectivity index (χ3n) is 4.49. The number of carboxylic acids is 1. The number of nitrogens with zero attached hydrogens (tertiary/aromatic N) is 4. The molecule has 2 N–H and O–H groups in total. The lowest BCUT2D eigenvalue weighted by molar-refractivity contribution is -0.121. The molecule has 29 heavy (non-hydrogen) atoms. The Hall–Kier alpha value is -3.46. The van der Waals surface area contributed by atoms with Gasteiger partial charge in [-0.2, -0.15) is 5.10 Å². The van der Waals surface area contributed by atoms with E-state index in [4.69, 9.17) is 5.11 Å². The summed E-state index contributed by atoms with van der Waals surface area (Å²) in [5, 5.41) is 18.0. The number of carboxylic acid groups (broad SMARTS) is 1. The molecule has 3 aromatic heterocycles. The lowest BCUT2D eigenvalue weighted by atomic mass is 10.2. The summed E-state index contributed by atoms with van der Waals surface area (Å²) < 4.78 is 3.54. The predicted octanol–water partition coefficient (Wildman–Crippen LogP) is 2.84. The normalized spacial score (nSPS) is 11.1. The molecule has 0 aliphatic carbocycles. The molecule has 0 radical (unpaired) electrons. The van der Waals surface area contributed by atoms with Crippen molar-refractivity contribution in [2.45, 2.75) is 26.3 Å². The van der Waals surface area contributed by atoms with Crippen LogP contribution < -0.4 is 5.32 Å². The lowest BCUT2D eigenvalue weighted by Gasteiger charge is -2.08. The van der Waals surface area contributed by atoms with Gasteiger partial charge in [0.1, 0.15) is 0 Å². The monoisotopic (exact) mass is 409 g/mol. The van der Waals surface area contributed by atoms with E-state index in [2.05, 4.69) is 15.4 Å². The maximum Gasteiger partial charge on any atom is 0.356 e. The first kappa shape index (κ1) is 18.9. The summed E-state index contributed by atoms with van der Waals surface area (Å²) in [5.41, 5.74) is 3.68. The molecule has 8 nitrogen and oxygen atoms in total. The predicted molar refractivity (Wildman–Crippen MR) is 108 cm³/mol. The topological polar surface area (TPSA) is 102 Å². The molecule has 4 aromatic rings. The zero-order valence-corrected chi connectivity index (χ0v) is 16.5. The van der Waals surface area contributed by atoms with Crippen LogP contribution in [-0.2, 0) is 17.8 Å². The van der Waals surface area contributed by atoms with Crippen LogP contribution in [0.3, 0.4) is 0 Å². The molecular weight excluding hydrogens is 390 g/mol. The van der Waals surface area contributed by atoms with E-state index in [1.165, 1.54) is 10.7 Å². The maximum atomic E-state index is 12.3. The number of carbonyl (C=O) groups is 2. The summed E-state index contributed by atoms with van der Waals surface area (Å²) >= 11 is 1.57. The highest BCUT2D eigenvalue weighted by atomic mass is 32.1. The maximum absolute atomic E-state index is 12.3. The number of aromatic carboxylic acids is 1. The van der Waals surface area contributed by atoms with E-state index in [0.717, 1.165) is 27.6 Å². The molecule has 0 fully saturated rings. The highest BCUT2D eigenvalue weighted by molar-refractivity contribution is 7.15. The van der Waals surface area contributed by atoms with Crippen LogP contribution in [0.1, 0.15) is 33.9 Å². The number of imidazole rings is 1. The molecule has 1 aromatic carbocycles. The van der Waals surface area contributed by atoms with E-state index in [0.29, 0.717) is 19.4 Å². The third kappa shape index (κ3) is 4.19. The molecule has 1 amide bonds. The standard InChI is InChI=1S/C20H19N5O3S/c1-13-11-24-16(12-29-20(24)22-13)5-6-18(26)21-10-14-3-2-4-15(9-14)25-8-7-17(23-25)19(27)28/h2-4,7-9,11-12H,5-6,10H2,1H3,(H,21,26)(H,27,28). The largest absolute Gasteiger partial charge is 0.476 e. The van der Waals surface area contributed by atoms with Gasteiger partial charge in [-0.3, -0.25) is 9.20 Å². The molecule has 4 rings (SSSR count). The van der Waals surface area contributed by atoms with Crippen molar-refractivity contribution >= 4 is 28.2 Å². The second-order valence-electron chi connectivity index (χ2n) is 6.66. The minimum Gasteiger partial charge on any atom is -0.476 e. The van der Waals surface area contributed by atoms with Crippen molar-refractivity contribution in [2.24, 2.45) is 0 Å². The molecule has 0 saturated carbocycles. The smallest absolute Gasteiger partial charge is 0.356 e. The number of thiazole rings is 1. The first-order valence-corrected chi connectivity index (χ1v) is 9.94. The van der Waals surface area contributed by atoms with E-state index >= 15 is 0 Å². The average molecular weight is 409 g/mol. The van der Waals surface area contributed by atoms with Gasteiger partial charge < -0.3 is 10.4 Å². The van der Waals surface area contributed by atoms with Crippen molar-refractivity contribution in [3.8, 4) is 5.69 Å². The van der Waals surface area contributed by atoms with Crippen molar-refractivity contribution < 1.29 is 14.7 Å². The van der Waals surface area contributed by atoms with Gasteiger partial charge in [0.15, 0.2) is 10.7 Å². The average Bonchev–Trinajstić information content (AvgIpc) is 3.41. The molecule has 3 heterocycles. The van der Waals surface area contributed by atoms with Crippen LogP contribution in [0, 0.1) is 6.92 Å². The first-order valence-electron chi connectivity index (χ1n) is 9.06. The van der Waals surface area contributed by atoms with Crippen LogP contribution in [0.25, 0.3) is 10.6 Å². The number of nitrogens with one attached hydrogen (secondary N) is 1. The van der Waals surface area contributed by atoms with Gasteiger partial charge in [0.25, 0.3) is 0 Å². The summed E-state index contributed by atoms with van der Waals surface area (Å²) in [7, 11) is 0. The fourth-order valence-electron chi connectivity index (χ4n) is 3.04. The zero-order valence-electron chi connectivity index (χ0n) is 15.7. The molecule has 0 saturated heterocycles. The van der Waals surface area contributed by atoms with Crippen molar-refractivity contribution in [2.75, 3.05) is 0 Å². The summed E-state index contributed by atoms with van der Waals surface area (Å²) in [6.45, 7) is 2.35. The molecular formula is C20H19N5O3S. The number of hydrogen-bond donors (Lipinski definition) is 2. The zero-order chi connectivity index (χ0) is 20.4. The van der Waals surface area contributed by atoms with Gasteiger partial charge in [-0.25, -0.2) is 14.5 Å². The Morgan fingerprint density at radius 1 is 1.28 bits per heavy atom. The van der Waals surface area contributed by atoms with Gasteiger partial charge in [-0.15, -0.1) is 11.3 Å². The van der Waals surface area contributed by atoms with Gasteiger partial charge in [0, 0.05) is 36.4 Å². The Balaban J connectivity index is 1.34. The van der Waals surface area contributed by atoms with Crippen LogP contribution in [0.4, 0.5) is 0 Å². The van der Waals surface area contributed by atoms with Crippen LogP contribution >= 0.6 is 11.3 Å².